The van der Waals surface area contributed by atoms with E-state index in [1.807, 2.05) is 36.4 Å². The Labute approximate surface area is 130 Å². The lowest BCUT2D eigenvalue weighted by Crippen LogP contribution is -2.30. The second-order valence-electron chi connectivity index (χ2n) is 5.13. The second-order valence-corrected chi connectivity index (χ2v) is 5.13. The van der Waals surface area contributed by atoms with Gasteiger partial charge in [-0.1, -0.05) is 24.3 Å². The molecular weight excluding hydrogens is 284 g/mol. The Balaban J connectivity index is 0.00000132. The fourth-order valence-electron chi connectivity index (χ4n) is 2.85. The van der Waals surface area contributed by atoms with Gasteiger partial charge in [0, 0.05) is 13.0 Å². The Morgan fingerprint density at radius 1 is 0.857 bits per heavy atom. The molecule has 2 aliphatic rings. The lowest BCUT2D eigenvalue weighted by Gasteiger charge is -2.34. The Hall–Kier alpha value is -2.00. The predicted octanol–water partition coefficient (Wildman–Crippen LogP) is 4.93. The van der Waals surface area contributed by atoms with E-state index in [0.29, 0.717) is 0 Å². The zero-order valence-corrected chi connectivity index (χ0v) is 12.5. The quantitative estimate of drug-likeness (QED) is 0.689. The van der Waals surface area contributed by atoms with Crippen LogP contribution in [0.1, 0.15) is 19.3 Å². The van der Waals surface area contributed by atoms with Crippen LogP contribution in [0.25, 0.3) is 0 Å². The molecule has 0 aliphatic carbocycles. The van der Waals surface area contributed by atoms with E-state index in [9.17, 15) is 0 Å². The minimum atomic E-state index is 0. The number of amidine groups is 1. The van der Waals surface area contributed by atoms with Gasteiger partial charge in [-0.3, -0.25) is 9.89 Å². The fourth-order valence-corrected chi connectivity index (χ4v) is 2.85. The van der Waals surface area contributed by atoms with E-state index >= 15 is 0 Å². The van der Waals surface area contributed by atoms with Gasteiger partial charge in [0.2, 0.25) is 0 Å². The molecule has 108 valence electrons. The van der Waals surface area contributed by atoms with Gasteiger partial charge in [0.05, 0.1) is 11.4 Å². The summed E-state index contributed by atoms with van der Waals surface area (Å²) in [6.07, 6.45) is 3.43. The van der Waals surface area contributed by atoms with Crippen molar-refractivity contribution in [1.82, 2.24) is 0 Å². The first kappa shape index (κ1) is 14.0. The van der Waals surface area contributed by atoms with Crippen molar-refractivity contribution in [1.29, 1.82) is 0 Å². The number of ether oxygens (including phenoxy) is 1. The van der Waals surface area contributed by atoms with Crippen molar-refractivity contribution in [3.63, 3.8) is 0 Å². The van der Waals surface area contributed by atoms with Crippen molar-refractivity contribution in [2.24, 2.45) is 4.99 Å². The van der Waals surface area contributed by atoms with E-state index in [-0.39, 0.29) is 12.4 Å². The Morgan fingerprint density at radius 3 is 2.05 bits per heavy atom. The number of hydrogen-bond donors (Lipinski definition) is 0. The van der Waals surface area contributed by atoms with Crippen LogP contribution in [-0.2, 0) is 0 Å². The standard InChI is InChI=1S/C17H16N2O.ClH/c1-3-9-15-13(7-1)19(17-11-5-6-12-18-17)14-8-2-4-10-16(14)20-15;/h1-4,7-10H,5-6,11-12H2;1H. The van der Waals surface area contributed by atoms with Gasteiger partial charge in [-0.2, -0.15) is 0 Å². The number of para-hydroxylation sites is 4. The van der Waals surface area contributed by atoms with Crippen LogP contribution < -0.4 is 9.64 Å². The molecule has 0 saturated carbocycles. The van der Waals surface area contributed by atoms with Crippen LogP contribution in [0.3, 0.4) is 0 Å². The van der Waals surface area contributed by atoms with Gasteiger partial charge in [0.1, 0.15) is 5.84 Å². The van der Waals surface area contributed by atoms with E-state index in [1.54, 1.807) is 0 Å². The minimum absolute atomic E-state index is 0. The first-order valence-electron chi connectivity index (χ1n) is 7.13. The third-order valence-electron chi connectivity index (χ3n) is 3.79. The predicted molar refractivity (Wildman–Crippen MR) is 88.5 cm³/mol. The smallest absolute Gasteiger partial charge is 0.151 e. The SMILES string of the molecule is Cl.c1ccc2c(c1)Oc1ccccc1N2C1=NCCCC1. The average molecular weight is 301 g/mol. The molecule has 0 unspecified atom stereocenters. The van der Waals surface area contributed by atoms with E-state index in [1.165, 1.54) is 12.8 Å². The molecule has 2 aromatic carbocycles. The second kappa shape index (κ2) is 5.78. The monoisotopic (exact) mass is 300 g/mol. The summed E-state index contributed by atoms with van der Waals surface area (Å²) >= 11 is 0. The highest BCUT2D eigenvalue weighted by molar-refractivity contribution is 6.07. The van der Waals surface area contributed by atoms with E-state index < -0.39 is 0 Å². The van der Waals surface area contributed by atoms with Crippen molar-refractivity contribution in [2.75, 3.05) is 11.4 Å². The first-order valence-corrected chi connectivity index (χ1v) is 7.13. The van der Waals surface area contributed by atoms with E-state index in [4.69, 9.17) is 9.73 Å². The molecule has 2 aromatic rings. The summed E-state index contributed by atoms with van der Waals surface area (Å²) in [5, 5.41) is 0. The third kappa shape index (κ3) is 2.38. The number of fused-ring (bicyclic) bond motifs is 2. The molecular formula is C17H17ClN2O. The fraction of sp³-hybridized carbons (Fsp3) is 0.235. The zero-order valence-electron chi connectivity index (χ0n) is 11.7. The molecule has 4 rings (SSSR count). The van der Waals surface area contributed by atoms with Gasteiger partial charge >= 0.3 is 0 Å². The number of hydrogen-bond acceptors (Lipinski definition) is 3. The molecule has 0 radical (unpaired) electrons. The van der Waals surface area contributed by atoms with Gasteiger partial charge in [-0.15, -0.1) is 12.4 Å². The molecule has 2 aliphatic heterocycles. The normalized spacial score (nSPS) is 16.0. The molecule has 2 heterocycles. The summed E-state index contributed by atoms with van der Waals surface area (Å²) in [6, 6.07) is 16.3. The lowest BCUT2D eigenvalue weighted by atomic mass is 10.1. The molecule has 0 amide bonds. The number of benzene rings is 2. The maximum atomic E-state index is 6.00. The number of nitrogens with zero attached hydrogens (tertiary/aromatic N) is 2. The maximum absolute atomic E-state index is 6.00. The van der Waals surface area contributed by atoms with Crippen LogP contribution in [0.2, 0.25) is 0 Å². The van der Waals surface area contributed by atoms with Gasteiger partial charge in [-0.05, 0) is 37.1 Å². The van der Waals surface area contributed by atoms with Crippen LogP contribution in [0.4, 0.5) is 11.4 Å². The van der Waals surface area contributed by atoms with Crippen LogP contribution >= 0.6 is 12.4 Å². The molecule has 3 nitrogen and oxygen atoms in total. The molecule has 0 aromatic heterocycles. The molecule has 0 N–H and O–H groups in total. The largest absolute Gasteiger partial charge is 0.453 e. The molecule has 21 heavy (non-hydrogen) atoms. The van der Waals surface area contributed by atoms with Crippen molar-refractivity contribution in [2.45, 2.75) is 19.3 Å². The minimum Gasteiger partial charge on any atom is -0.453 e. The molecule has 4 heteroatoms. The summed E-state index contributed by atoms with van der Waals surface area (Å²) in [6.45, 7) is 0.928. The van der Waals surface area contributed by atoms with Crippen LogP contribution in [0, 0.1) is 0 Å². The van der Waals surface area contributed by atoms with Gasteiger partial charge < -0.3 is 4.74 Å². The Bertz CT molecular complexity index is 638. The molecule has 0 spiro atoms. The summed E-state index contributed by atoms with van der Waals surface area (Å²) < 4.78 is 6.00. The molecule has 0 saturated heterocycles. The van der Waals surface area contributed by atoms with Crippen molar-refractivity contribution in [3.05, 3.63) is 48.5 Å². The number of rotatable bonds is 0. The van der Waals surface area contributed by atoms with Crippen molar-refractivity contribution < 1.29 is 4.74 Å². The molecule has 0 fully saturated rings. The summed E-state index contributed by atoms with van der Waals surface area (Å²) in [5.41, 5.74) is 2.18. The summed E-state index contributed by atoms with van der Waals surface area (Å²) in [7, 11) is 0. The van der Waals surface area contributed by atoms with Crippen LogP contribution in [-0.4, -0.2) is 12.4 Å². The highest BCUT2D eigenvalue weighted by Gasteiger charge is 2.27. The van der Waals surface area contributed by atoms with Crippen molar-refractivity contribution in [3.8, 4) is 11.5 Å². The van der Waals surface area contributed by atoms with Gasteiger partial charge in [0.15, 0.2) is 11.5 Å². The molecule has 0 bridgehead atoms. The number of halogens is 1. The number of aliphatic imine (C=N–C) groups is 1. The average Bonchev–Trinajstić information content (AvgIpc) is 2.53. The van der Waals surface area contributed by atoms with Crippen molar-refractivity contribution >= 4 is 29.6 Å². The topological polar surface area (TPSA) is 24.8 Å². The van der Waals surface area contributed by atoms with Gasteiger partial charge in [-0.25, -0.2) is 0 Å². The lowest BCUT2D eigenvalue weighted by molar-refractivity contribution is 0.477. The summed E-state index contributed by atoms with van der Waals surface area (Å²) in [5.74, 6) is 2.96. The number of anilines is 2. The van der Waals surface area contributed by atoms with Crippen LogP contribution in [0.5, 0.6) is 11.5 Å². The summed E-state index contributed by atoms with van der Waals surface area (Å²) in [4.78, 5) is 7.00. The zero-order chi connectivity index (χ0) is 13.4. The van der Waals surface area contributed by atoms with Crippen LogP contribution in [0.15, 0.2) is 53.5 Å². The highest BCUT2D eigenvalue weighted by Crippen LogP contribution is 2.46. The van der Waals surface area contributed by atoms with Gasteiger partial charge in [0.25, 0.3) is 0 Å². The molecule has 0 atom stereocenters. The highest BCUT2D eigenvalue weighted by atomic mass is 35.5. The first-order chi connectivity index (χ1) is 9.93. The third-order valence-corrected chi connectivity index (χ3v) is 3.79. The maximum Gasteiger partial charge on any atom is 0.151 e. The van der Waals surface area contributed by atoms with E-state index in [2.05, 4.69) is 17.0 Å². The Morgan fingerprint density at radius 2 is 1.48 bits per heavy atom. The Kier molecular flexibility index (Phi) is 3.84. The van der Waals surface area contributed by atoms with E-state index in [0.717, 1.165) is 41.7 Å².